The summed E-state index contributed by atoms with van der Waals surface area (Å²) in [4.78, 5) is 6.66. The van der Waals surface area contributed by atoms with Crippen LogP contribution in [-0.4, -0.2) is 51.5 Å². The van der Waals surface area contributed by atoms with Crippen LogP contribution in [0.1, 0.15) is 0 Å². The molecule has 1 aliphatic rings. The Morgan fingerprint density at radius 2 is 2.18 bits per heavy atom. The average molecular weight is 237 g/mol. The van der Waals surface area contributed by atoms with Gasteiger partial charge < -0.3 is 19.7 Å². The van der Waals surface area contributed by atoms with Gasteiger partial charge in [0.1, 0.15) is 6.61 Å². The van der Waals surface area contributed by atoms with Crippen molar-refractivity contribution in [2.75, 3.05) is 51.4 Å². The van der Waals surface area contributed by atoms with E-state index in [1.165, 1.54) is 0 Å². The predicted molar refractivity (Wildman–Crippen MR) is 66.7 cm³/mol. The number of pyridine rings is 1. The minimum absolute atomic E-state index is 0.557. The lowest BCUT2D eigenvalue weighted by atomic mass is 10.3. The summed E-state index contributed by atoms with van der Waals surface area (Å²) in [5, 5.41) is 3.33. The van der Waals surface area contributed by atoms with Crippen molar-refractivity contribution in [3.63, 3.8) is 0 Å². The van der Waals surface area contributed by atoms with Gasteiger partial charge in [-0.05, 0) is 12.1 Å². The number of hydrogen-bond acceptors (Lipinski definition) is 5. The normalized spacial score (nSPS) is 15.9. The number of anilines is 1. The molecule has 0 bridgehead atoms. The van der Waals surface area contributed by atoms with Crippen LogP contribution in [0.25, 0.3) is 0 Å². The van der Waals surface area contributed by atoms with Crippen LogP contribution in [0, 0.1) is 0 Å². The van der Waals surface area contributed by atoms with E-state index in [-0.39, 0.29) is 0 Å². The number of aromatic nitrogens is 1. The monoisotopic (exact) mass is 237 g/mol. The van der Waals surface area contributed by atoms with Crippen LogP contribution >= 0.6 is 0 Å². The van der Waals surface area contributed by atoms with Crippen molar-refractivity contribution < 1.29 is 9.47 Å². The molecule has 1 aromatic rings. The summed E-state index contributed by atoms with van der Waals surface area (Å²) in [5.74, 6) is 1.77. The molecule has 2 heterocycles. The molecule has 0 radical (unpaired) electrons. The lowest BCUT2D eigenvalue weighted by Gasteiger charge is -2.29. The van der Waals surface area contributed by atoms with Crippen LogP contribution in [0.3, 0.4) is 0 Å². The molecule has 1 aliphatic heterocycles. The van der Waals surface area contributed by atoms with Crippen molar-refractivity contribution >= 4 is 5.82 Å². The Balaban J connectivity index is 2.03. The highest BCUT2D eigenvalue weighted by molar-refractivity contribution is 5.52. The van der Waals surface area contributed by atoms with Crippen LogP contribution in [-0.2, 0) is 4.74 Å². The lowest BCUT2D eigenvalue weighted by Crippen LogP contribution is -2.44. The van der Waals surface area contributed by atoms with Crippen LogP contribution in [0.5, 0.6) is 5.75 Å². The van der Waals surface area contributed by atoms with Gasteiger partial charge in [-0.2, -0.15) is 0 Å². The molecule has 17 heavy (non-hydrogen) atoms. The first-order chi connectivity index (χ1) is 8.42. The summed E-state index contributed by atoms with van der Waals surface area (Å²) in [6.45, 7) is 5.08. The van der Waals surface area contributed by atoms with Gasteiger partial charge in [-0.3, -0.25) is 0 Å². The maximum atomic E-state index is 5.68. The Bertz CT molecular complexity index is 340. The zero-order chi connectivity index (χ0) is 11.9. The second kappa shape index (κ2) is 6.42. The third-order valence-corrected chi connectivity index (χ3v) is 2.71. The van der Waals surface area contributed by atoms with Gasteiger partial charge in [-0.1, -0.05) is 0 Å². The van der Waals surface area contributed by atoms with Crippen LogP contribution in [0.2, 0.25) is 0 Å². The van der Waals surface area contributed by atoms with Gasteiger partial charge in [0.25, 0.3) is 0 Å². The van der Waals surface area contributed by atoms with E-state index in [9.17, 15) is 0 Å². The van der Waals surface area contributed by atoms with E-state index in [0.717, 1.165) is 37.7 Å². The SMILES string of the molecule is COCCOc1cccnc1N1CCNCC1. The van der Waals surface area contributed by atoms with Crippen molar-refractivity contribution in [2.45, 2.75) is 0 Å². The third kappa shape index (κ3) is 3.31. The average Bonchev–Trinajstić information content (AvgIpc) is 2.41. The molecule has 94 valence electrons. The Kier molecular flexibility index (Phi) is 4.58. The highest BCUT2D eigenvalue weighted by atomic mass is 16.5. The smallest absolute Gasteiger partial charge is 0.171 e. The van der Waals surface area contributed by atoms with Crippen molar-refractivity contribution in [3.8, 4) is 5.75 Å². The minimum atomic E-state index is 0.557. The molecular formula is C12H19N3O2. The van der Waals surface area contributed by atoms with Crippen molar-refractivity contribution in [1.82, 2.24) is 10.3 Å². The molecule has 1 saturated heterocycles. The molecule has 1 aromatic heterocycles. The Hall–Kier alpha value is -1.33. The molecule has 0 saturated carbocycles. The summed E-state index contributed by atoms with van der Waals surface area (Å²) in [6, 6.07) is 3.86. The fourth-order valence-electron chi connectivity index (χ4n) is 1.84. The summed E-state index contributed by atoms with van der Waals surface area (Å²) in [6.07, 6.45) is 1.81. The van der Waals surface area contributed by atoms with Crippen LogP contribution in [0.4, 0.5) is 5.82 Å². The first-order valence-electron chi connectivity index (χ1n) is 5.94. The van der Waals surface area contributed by atoms with E-state index in [1.54, 1.807) is 13.3 Å². The minimum Gasteiger partial charge on any atom is -0.487 e. The molecule has 2 rings (SSSR count). The van der Waals surface area contributed by atoms with Gasteiger partial charge in [0, 0.05) is 39.5 Å². The van der Waals surface area contributed by atoms with Crippen LogP contribution in [0.15, 0.2) is 18.3 Å². The van der Waals surface area contributed by atoms with Crippen LogP contribution < -0.4 is 15.0 Å². The fourth-order valence-corrected chi connectivity index (χ4v) is 1.84. The summed E-state index contributed by atoms with van der Waals surface area (Å²) in [7, 11) is 1.67. The molecule has 0 spiro atoms. The second-order valence-corrected chi connectivity index (χ2v) is 3.90. The molecular weight excluding hydrogens is 218 g/mol. The fraction of sp³-hybridized carbons (Fsp3) is 0.583. The van der Waals surface area contributed by atoms with Crippen molar-refractivity contribution in [3.05, 3.63) is 18.3 Å². The standard InChI is InChI=1S/C12H19N3O2/c1-16-9-10-17-11-3-2-4-14-12(11)15-7-5-13-6-8-15/h2-4,13H,5-10H2,1H3. The molecule has 0 aromatic carbocycles. The lowest BCUT2D eigenvalue weighted by molar-refractivity contribution is 0.146. The maximum Gasteiger partial charge on any atom is 0.171 e. The van der Waals surface area contributed by atoms with Gasteiger partial charge in [0.15, 0.2) is 11.6 Å². The second-order valence-electron chi connectivity index (χ2n) is 3.90. The molecule has 5 nitrogen and oxygen atoms in total. The number of hydrogen-bond donors (Lipinski definition) is 1. The molecule has 1 fully saturated rings. The molecule has 0 atom stereocenters. The van der Waals surface area contributed by atoms with E-state index in [0.29, 0.717) is 13.2 Å². The number of rotatable bonds is 5. The summed E-state index contributed by atoms with van der Waals surface area (Å²) < 4.78 is 10.7. The summed E-state index contributed by atoms with van der Waals surface area (Å²) in [5.41, 5.74) is 0. The number of nitrogens with one attached hydrogen (secondary N) is 1. The van der Waals surface area contributed by atoms with E-state index >= 15 is 0 Å². The number of nitrogens with zero attached hydrogens (tertiary/aromatic N) is 2. The highest BCUT2D eigenvalue weighted by Crippen LogP contribution is 2.25. The first-order valence-corrected chi connectivity index (χ1v) is 5.94. The van der Waals surface area contributed by atoms with Gasteiger partial charge in [0.2, 0.25) is 0 Å². The Morgan fingerprint density at radius 1 is 1.35 bits per heavy atom. The Labute approximate surface area is 102 Å². The third-order valence-electron chi connectivity index (χ3n) is 2.71. The predicted octanol–water partition coefficient (Wildman–Crippen LogP) is 0.516. The number of piperazine rings is 1. The van der Waals surface area contributed by atoms with E-state index < -0.39 is 0 Å². The maximum absolute atomic E-state index is 5.68. The zero-order valence-corrected chi connectivity index (χ0v) is 10.2. The largest absolute Gasteiger partial charge is 0.487 e. The number of ether oxygens (including phenoxy) is 2. The first kappa shape index (κ1) is 12.1. The zero-order valence-electron chi connectivity index (χ0n) is 10.2. The van der Waals surface area contributed by atoms with Gasteiger partial charge in [-0.15, -0.1) is 0 Å². The number of methoxy groups -OCH3 is 1. The molecule has 0 unspecified atom stereocenters. The van der Waals surface area contributed by atoms with E-state index in [2.05, 4.69) is 15.2 Å². The van der Waals surface area contributed by atoms with E-state index in [4.69, 9.17) is 9.47 Å². The molecule has 5 heteroatoms. The van der Waals surface area contributed by atoms with E-state index in [1.807, 2.05) is 12.1 Å². The molecule has 1 N–H and O–H groups in total. The van der Waals surface area contributed by atoms with Gasteiger partial charge in [-0.25, -0.2) is 4.98 Å². The van der Waals surface area contributed by atoms with Crippen molar-refractivity contribution in [1.29, 1.82) is 0 Å². The van der Waals surface area contributed by atoms with Gasteiger partial charge in [0.05, 0.1) is 6.61 Å². The molecule has 0 aliphatic carbocycles. The summed E-state index contributed by atoms with van der Waals surface area (Å²) >= 11 is 0. The van der Waals surface area contributed by atoms with Gasteiger partial charge >= 0.3 is 0 Å². The van der Waals surface area contributed by atoms with Crippen molar-refractivity contribution in [2.24, 2.45) is 0 Å². The Morgan fingerprint density at radius 3 is 2.94 bits per heavy atom. The topological polar surface area (TPSA) is 46.6 Å². The highest BCUT2D eigenvalue weighted by Gasteiger charge is 2.15. The quantitative estimate of drug-likeness (QED) is 0.756. The molecule has 0 amide bonds.